The molecule has 0 aromatic heterocycles. The molecule has 2 unspecified atom stereocenters. The van der Waals surface area contributed by atoms with Crippen LogP contribution in [0.5, 0.6) is 0 Å². The largest absolute Gasteiger partial charge is 0.314 e. The van der Waals surface area contributed by atoms with E-state index < -0.39 is 0 Å². The number of nitrogens with zero attached hydrogens (tertiary/aromatic N) is 1. The van der Waals surface area contributed by atoms with Crippen LogP contribution in [0.1, 0.15) is 52.9 Å². The number of hydrogen-bond donors (Lipinski definition) is 1. The summed E-state index contributed by atoms with van der Waals surface area (Å²) in [7, 11) is 0. The Morgan fingerprint density at radius 2 is 1.88 bits per heavy atom. The van der Waals surface area contributed by atoms with Crippen LogP contribution in [-0.4, -0.2) is 36.6 Å². The molecule has 1 saturated carbocycles. The van der Waals surface area contributed by atoms with Crippen molar-refractivity contribution in [1.82, 2.24) is 10.2 Å². The quantitative estimate of drug-likeness (QED) is 0.733. The lowest BCUT2D eigenvalue weighted by molar-refractivity contribution is 0.308. The van der Waals surface area contributed by atoms with Crippen LogP contribution in [0.25, 0.3) is 0 Å². The van der Waals surface area contributed by atoms with Crippen molar-refractivity contribution in [2.45, 2.75) is 65.0 Å². The lowest BCUT2D eigenvalue weighted by atomic mass is 10.0. The van der Waals surface area contributed by atoms with Gasteiger partial charge in [-0.1, -0.05) is 13.8 Å². The molecule has 1 aliphatic carbocycles. The predicted molar refractivity (Wildman–Crippen MR) is 74.2 cm³/mol. The Kier molecular flexibility index (Phi) is 4.87. The molecule has 2 fully saturated rings. The van der Waals surface area contributed by atoms with Gasteiger partial charge in [-0.3, -0.25) is 0 Å². The van der Waals surface area contributed by atoms with Gasteiger partial charge in [0.05, 0.1) is 0 Å². The molecule has 0 radical (unpaired) electrons. The van der Waals surface area contributed by atoms with E-state index in [-0.39, 0.29) is 0 Å². The SMILES string of the molecule is CC(C)CCC(C)NCC1CCN(C2CC2)C1. The van der Waals surface area contributed by atoms with Crippen LogP contribution >= 0.6 is 0 Å². The fraction of sp³-hybridized carbons (Fsp3) is 1.00. The molecule has 0 amide bonds. The van der Waals surface area contributed by atoms with E-state index in [4.69, 9.17) is 0 Å². The summed E-state index contributed by atoms with van der Waals surface area (Å²) in [6.07, 6.45) is 7.03. The van der Waals surface area contributed by atoms with E-state index in [0.29, 0.717) is 6.04 Å². The molecule has 1 heterocycles. The van der Waals surface area contributed by atoms with E-state index in [1.54, 1.807) is 0 Å². The molecule has 2 atom stereocenters. The van der Waals surface area contributed by atoms with Gasteiger partial charge in [0, 0.05) is 18.6 Å². The highest BCUT2D eigenvalue weighted by molar-refractivity contribution is 4.90. The van der Waals surface area contributed by atoms with Crippen LogP contribution < -0.4 is 5.32 Å². The number of hydrogen-bond acceptors (Lipinski definition) is 2. The van der Waals surface area contributed by atoms with Crippen LogP contribution in [0, 0.1) is 11.8 Å². The molecular weight excluding hydrogens is 208 g/mol. The standard InChI is InChI=1S/C15H30N2/c1-12(2)4-5-13(3)16-10-14-8-9-17(11-14)15-6-7-15/h12-16H,4-11H2,1-3H3. The second kappa shape index (κ2) is 6.19. The minimum Gasteiger partial charge on any atom is -0.314 e. The van der Waals surface area contributed by atoms with Crippen LogP contribution in [0.2, 0.25) is 0 Å². The van der Waals surface area contributed by atoms with Gasteiger partial charge in [0.25, 0.3) is 0 Å². The zero-order chi connectivity index (χ0) is 12.3. The molecule has 2 nitrogen and oxygen atoms in total. The van der Waals surface area contributed by atoms with Crippen LogP contribution in [0.4, 0.5) is 0 Å². The number of likely N-dealkylation sites (tertiary alicyclic amines) is 1. The van der Waals surface area contributed by atoms with Crippen LogP contribution in [-0.2, 0) is 0 Å². The summed E-state index contributed by atoms with van der Waals surface area (Å²) in [5.41, 5.74) is 0. The molecule has 17 heavy (non-hydrogen) atoms. The Morgan fingerprint density at radius 3 is 2.53 bits per heavy atom. The van der Waals surface area contributed by atoms with Gasteiger partial charge >= 0.3 is 0 Å². The molecule has 0 aromatic rings. The molecule has 0 spiro atoms. The third kappa shape index (κ3) is 4.59. The predicted octanol–water partition coefficient (Wildman–Crippen LogP) is 2.89. The summed E-state index contributed by atoms with van der Waals surface area (Å²) >= 11 is 0. The first kappa shape index (κ1) is 13.4. The fourth-order valence-corrected chi connectivity index (χ4v) is 2.85. The summed E-state index contributed by atoms with van der Waals surface area (Å²) in [6.45, 7) is 10.9. The first-order valence-electron chi connectivity index (χ1n) is 7.62. The Balaban J connectivity index is 1.55. The first-order chi connectivity index (χ1) is 8.15. The summed E-state index contributed by atoms with van der Waals surface area (Å²) in [6, 6.07) is 1.67. The van der Waals surface area contributed by atoms with Gasteiger partial charge in [0.1, 0.15) is 0 Å². The second-order valence-electron chi connectivity index (χ2n) is 6.66. The van der Waals surface area contributed by atoms with Crippen molar-refractivity contribution in [3.8, 4) is 0 Å². The third-order valence-electron chi connectivity index (χ3n) is 4.31. The van der Waals surface area contributed by atoms with Crippen molar-refractivity contribution in [1.29, 1.82) is 0 Å². The molecule has 2 rings (SSSR count). The fourth-order valence-electron chi connectivity index (χ4n) is 2.85. The summed E-state index contributed by atoms with van der Waals surface area (Å²) < 4.78 is 0. The van der Waals surface area contributed by atoms with Crippen molar-refractivity contribution >= 4 is 0 Å². The molecule has 2 heteroatoms. The molecular formula is C15H30N2. The zero-order valence-electron chi connectivity index (χ0n) is 11.9. The van der Waals surface area contributed by atoms with E-state index in [0.717, 1.165) is 17.9 Å². The average molecular weight is 238 g/mol. The van der Waals surface area contributed by atoms with Crippen molar-refractivity contribution in [2.75, 3.05) is 19.6 Å². The van der Waals surface area contributed by atoms with Crippen molar-refractivity contribution in [3.05, 3.63) is 0 Å². The number of nitrogens with one attached hydrogen (secondary N) is 1. The van der Waals surface area contributed by atoms with Gasteiger partial charge in [-0.05, 0) is 64.0 Å². The van der Waals surface area contributed by atoms with E-state index >= 15 is 0 Å². The minimum absolute atomic E-state index is 0.701. The average Bonchev–Trinajstić information content (AvgIpc) is 3.04. The monoisotopic (exact) mass is 238 g/mol. The highest BCUT2D eigenvalue weighted by Crippen LogP contribution is 2.31. The molecule has 1 aliphatic heterocycles. The Bertz CT molecular complexity index is 223. The van der Waals surface area contributed by atoms with Crippen molar-refractivity contribution < 1.29 is 0 Å². The topological polar surface area (TPSA) is 15.3 Å². The Morgan fingerprint density at radius 1 is 1.12 bits per heavy atom. The lowest BCUT2D eigenvalue weighted by Gasteiger charge is -2.19. The maximum atomic E-state index is 3.73. The molecule has 0 bridgehead atoms. The highest BCUT2D eigenvalue weighted by atomic mass is 15.2. The van der Waals surface area contributed by atoms with Crippen LogP contribution in [0.15, 0.2) is 0 Å². The van der Waals surface area contributed by atoms with Gasteiger partial charge in [-0.25, -0.2) is 0 Å². The third-order valence-corrected chi connectivity index (χ3v) is 4.31. The molecule has 100 valence electrons. The normalized spacial score (nSPS) is 27.9. The lowest BCUT2D eigenvalue weighted by Crippen LogP contribution is -2.33. The van der Waals surface area contributed by atoms with E-state index in [9.17, 15) is 0 Å². The summed E-state index contributed by atoms with van der Waals surface area (Å²) in [5.74, 6) is 1.76. The first-order valence-corrected chi connectivity index (χ1v) is 7.62. The van der Waals surface area contributed by atoms with E-state index in [1.165, 1.54) is 51.7 Å². The van der Waals surface area contributed by atoms with Crippen LogP contribution in [0.3, 0.4) is 0 Å². The van der Waals surface area contributed by atoms with E-state index in [1.807, 2.05) is 0 Å². The molecule has 0 aromatic carbocycles. The second-order valence-corrected chi connectivity index (χ2v) is 6.66. The van der Waals surface area contributed by atoms with Gasteiger partial charge < -0.3 is 10.2 Å². The summed E-state index contributed by atoms with van der Waals surface area (Å²) in [4.78, 5) is 2.71. The smallest absolute Gasteiger partial charge is 0.00965 e. The van der Waals surface area contributed by atoms with Gasteiger partial charge in [-0.2, -0.15) is 0 Å². The molecule has 1 saturated heterocycles. The highest BCUT2D eigenvalue weighted by Gasteiger charge is 2.34. The molecule has 1 N–H and O–H groups in total. The van der Waals surface area contributed by atoms with Gasteiger partial charge in [-0.15, -0.1) is 0 Å². The van der Waals surface area contributed by atoms with Crippen molar-refractivity contribution in [3.63, 3.8) is 0 Å². The maximum Gasteiger partial charge on any atom is 0.00965 e. The maximum absolute atomic E-state index is 3.73. The minimum atomic E-state index is 0.701. The van der Waals surface area contributed by atoms with Crippen molar-refractivity contribution in [2.24, 2.45) is 11.8 Å². The number of rotatable bonds is 7. The van der Waals surface area contributed by atoms with Gasteiger partial charge in [0.2, 0.25) is 0 Å². The van der Waals surface area contributed by atoms with E-state index in [2.05, 4.69) is 31.0 Å². The Hall–Kier alpha value is -0.0800. The summed E-state index contributed by atoms with van der Waals surface area (Å²) in [5, 5.41) is 3.73. The Labute approximate surface area is 107 Å². The molecule has 2 aliphatic rings. The zero-order valence-corrected chi connectivity index (χ0v) is 11.9. The van der Waals surface area contributed by atoms with Gasteiger partial charge in [0.15, 0.2) is 0 Å².